The van der Waals surface area contributed by atoms with E-state index in [2.05, 4.69) is 20.5 Å². The molecule has 37 heavy (non-hydrogen) atoms. The number of rotatable bonds is 5. The molecule has 0 unspecified atom stereocenters. The Morgan fingerprint density at radius 1 is 0.568 bits per heavy atom. The summed E-state index contributed by atoms with van der Waals surface area (Å²) in [6.07, 6.45) is 0. The molecule has 9 nitrogen and oxygen atoms in total. The molecule has 0 spiro atoms. The molecule has 5 aromatic carbocycles. The van der Waals surface area contributed by atoms with Crippen molar-refractivity contribution in [3.8, 4) is 0 Å². The Morgan fingerprint density at radius 2 is 0.973 bits per heavy atom. The van der Waals surface area contributed by atoms with Crippen LogP contribution >= 0.6 is 0 Å². The van der Waals surface area contributed by atoms with E-state index in [1.807, 2.05) is 24.3 Å². The minimum atomic E-state index is -4.63. The standard InChI is InChI=1S/C26H20N6O3S.Na/c27-16-9-10-25(21(28)15-16)32-31-23-12-11-22(17-5-1-2-6-18(17)23)29-30-24-13-14-26(36(33,34)35)20-8-4-3-7-19(20)24;/h1-15H,27-28H2,(H,33,34,35);/q;+1/p-1. The molecule has 0 atom stereocenters. The summed E-state index contributed by atoms with van der Waals surface area (Å²) in [5.74, 6) is 0. The molecule has 0 aliphatic heterocycles. The van der Waals surface area contributed by atoms with Crippen molar-refractivity contribution >= 4 is 65.8 Å². The second-order valence-corrected chi connectivity index (χ2v) is 9.30. The van der Waals surface area contributed by atoms with Crippen LogP contribution in [0.25, 0.3) is 21.5 Å². The van der Waals surface area contributed by atoms with E-state index in [1.165, 1.54) is 12.1 Å². The van der Waals surface area contributed by atoms with Crippen molar-refractivity contribution in [3.63, 3.8) is 0 Å². The van der Waals surface area contributed by atoms with Crippen LogP contribution in [0.3, 0.4) is 0 Å². The van der Waals surface area contributed by atoms with Gasteiger partial charge >= 0.3 is 29.6 Å². The van der Waals surface area contributed by atoms with E-state index in [9.17, 15) is 13.0 Å². The molecule has 0 saturated carbocycles. The van der Waals surface area contributed by atoms with Crippen molar-refractivity contribution in [3.05, 3.63) is 91.0 Å². The van der Waals surface area contributed by atoms with Gasteiger partial charge in [-0.3, -0.25) is 0 Å². The molecule has 11 heteroatoms. The van der Waals surface area contributed by atoms with Crippen molar-refractivity contribution in [1.29, 1.82) is 0 Å². The third kappa shape index (κ3) is 5.53. The Hall–Kier alpha value is -3.67. The average Bonchev–Trinajstić information content (AvgIpc) is 2.86. The van der Waals surface area contributed by atoms with Gasteiger partial charge in [-0.05, 0) is 42.5 Å². The van der Waals surface area contributed by atoms with Gasteiger partial charge in [0.05, 0.1) is 27.6 Å². The monoisotopic (exact) mass is 518 g/mol. The molecule has 0 aliphatic carbocycles. The van der Waals surface area contributed by atoms with Crippen LogP contribution in [0.4, 0.5) is 34.1 Å². The minimum absolute atomic E-state index is 0. The molecule has 5 rings (SSSR count). The first-order valence-electron chi connectivity index (χ1n) is 10.8. The predicted molar refractivity (Wildman–Crippen MR) is 139 cm³/mol. The van der Waals surface area contributed by atoms with Gasteiger partial charge in [-0.15, -0.1) is 20.5 Å². The number of fused-ring (bicyclic) bond motifs is 2. The van der Waals surface area contributed by atoms with Crippen molar-refractivity contribution in [2.75, 3.05) is 11.5 Å². The van der Waals surface area contributed by atoms with Gasteiger partial charge < -0.3 is 16.0 Å². The van der Waals surface area contributed by atoms with Gasteiger partial charge in [-0.2, -0.15) is 0 Å². The molecule has 0 bridgehead atoms. The van der Waals surface area contributed by atoms with Crippen molar-refractivity contribution in [2.45, 2.75) is 4.90 Å². The summed E-state index contributed by atoms with van der Waals surface area (Å²) in [5.41, 5.74) is 14.8. The molecule has 0 saturated heterocycles. The summed E-state index contributed by atoms with van der Waals surface area (Å²) in [5, 5.41) is 19.8. The molecule has 5 aromatic rings. The summed E-state index contributed by atoms with van der Waals surface area (Å²) in [4.78, 5) is -0.293. The molecule has 0 aromatic heterocycles. The van der Waals surface area contributed by atoms with Crippen LogP contribution < -0.4 is 41.0 Å². The van der Waals surface area contributed by atoms with Crippen LogP contribution in [0.15, 0.2) is 116 Å². The van der Waals surface area contributed by atoms with Crippen LogP contribution in [0.1, 0.15) is 0 Å². The Labute approximate surface area is 235 Å². The molecule has 0 aliphatic rings. The molecule has 178 valence electrons. The topological polar surface area (TPSA) is 159 Å². The molecular weight excluding hydrogens is 499 g/mol. The smallest absolute Gasteiger partial charge is 0.744 e. The van der Waals surface area contributed by atoms with E-state index in [0.29, 0.717) is 44.9 Å². The second-order valence-electron chi connectivity index (χ2n) is 7.95. The van der Waals surface area contributed by atoms with Gasteiger partial charge in [0.15, 0.2) is 0 Å². The first kappa shape index (κ1) is 26.4. The van der Waals surface area contributed by atoms with Crippen LogP contribution in [0.2, 0.25) is 0 Å². The zero-order valence-electron chi connectivity index (χ0n) is 19.7. The molecule has 0 fully saturated rings. The number of hydrogen-bond acceptors (Lipinski definition) is 9. The third-order valence-electron chi connectivity index (χ3n) is 5.59. The number of benzene rings is 5. The van der Waals surface area contributed by atoms with Crippen molar-refractivity contribution in [2.24, 2.45) is 20.5 Å². The summed E-state index contributed by atoms with van der Waals surface area (Å²) in [6.45, 7) is 0. The van der Waals surface area contributed by atoms with Crippen molar-refractivity contribution < 1.29 is 42.5 Å². The Morgan fingerprint density at radius 3 is 1.46 bits per heavy atom. The van der Waals surface area contributed by atoms with Gasteiger partial charge in [0.25, 0.3) is 0 Å². The van der Waals surface area contributed by atoms with E-state index >= 15 is 0 Å². The molecule has 0 amide bonds. The maximum Gasteiger partial charge on any atom is 1.00 e. The largest absolute Gasteiger partial charge is 1.00 e. The van der Waals surface area contributed by atoms with E-state index in [4.69, 9.17) is 11.5 Å². The summed E-state index contributed by atoms with van der Waals surface area (Å²) < 4.78 is 35.0. The fourth-order valence-electron chi connectivity index (χ4n) is 3.88. The first-order chi connectivity index (χ1) is 17.3. The third-order valence-corrected chi connectivity index (χ3v) is 6.49. The number of azo groups is 2. The number of nitrogens with zero attached hydrogens (tertiary/aromatic N) is 4. The number of hydrogen-bond donors (Lipinski definition) is 2. The van der Waals surface area contributed by atoms with Gasteiger partial charge in [-0.1, -0.05) is 48.5 Å². The van der Waals surface area contributed by atoms with Crippen LogP contribution in [0.5, 0.6) is 0 Å². The number of nitrogen functional groups attached to an aromatic ring is 2. The Kier molecular flexibility index (Phi) is 7.67. The zero-order valence-corrected chi connectivity index (χ0v) is 22.6. The van der Waals surface area contributed by atoms with Crippen molar-refractivity contribution in [1.82, 2.24) is 0 Å². The van der Waals surface area contributed by atoms with E-state index in [-0.39, 0.29) is 34.5 Å². The predicted octanol–water partition coefficient (Wildman–Crippen LogP) is 3.90. The first-order valence-corrected chi connectivity index (χ1v) is 12.2. The van der Waals surface area contributed by atoms with Crippen LogP contribution in [0, 0.1) is 0 Å². The second kappa shape index (κ2) is 10.8. The molecule has 0 radical (unpaired) electrons. The van der Waals surface area contributed by atoms with Gasteiger partial charge in [0.2, 0.25) is 0 Å². The Bertz CT molecular complexity index is 1810. The number of anilines is 2. The fraction of sp³-hybridized carbons (Fsp3) is 0. The van der Waals surface area contributed by atoms with E-state index < -0.39 is 10.1 Å². The maximum atomic E-state index is 11.7. The van der Waals surface area contributed by atoms with Crippen LogP contribution in [-0.4, -0.2) is 13.0 Å². The molecule has 4 N–H and O–H groups in total. The minimum Gasteiger partial charge on any atom is -0.744 e. The quantitative estimate of drug-likeness (QED) is 0.156. The van der Waals surface area contributed by atoms with Gasteiger partial charge in [0.1, 0.15) is 15.8 Å². The van der Waals surface area contributed by atoms with E-state index in [1.54, 1.807) is 54.6 Å². The van der Waals surface area contributed by atoms with E-state index in [0.717, 1.165) is 10.8 Å². The van der Waals surface area contributed by atoms with Gasteiger partial charge in [0, 0.05) is 27.2 Å². The molecular formula is C26H19N6NaO3S. The zero-order chi connectivity index (χ0) is 25.3. The normalized spacial score (nSPS) is 11.9. The fourth-order valence-corrected chi connectivity index (χ4v) is 4.56. The summed E-state index contributed by atoms with van der Waals surface area (Å²) >= 11 is 0. The summed E-state index contributed by atoms with van der Waals surface area (Å²) in [7, 11) is -4.63. The molecule has 0 heterocycles. The Balaban J connectivity index is 0.00000320. The maximum absolute atomic E-state index is 11.7. The average molecular weight is 519 g/mol. The van der Waals surface area contributed by atoms with Gasteiger partial charge in [-0.25, -0.2) is 8.42 Å². The SMILES string of the molecule is Nc1ccc(N=Nc2ccc(N=Nc3ccc(S(=O)(=O)[O-])c4ccccc34)c3ccccc23)c(N)c1.[Na+]. The van der Waals surface area contributed by atoms with Crippen LogP contribution in [-0.2, 0) is 10.1 Å². The number of nitrogens with two attached hydrogens (primary N) is 2. The summed E-state index contributed by atoms with van der Waals surface area (Å²) in [6, 6.07) is 25.5.